The monoisotopic (exact) mass is 241 g/mol. The van der Waals surface area contributed by atoms with E-state index in [0.29, 0.717) is 0 Å². The molecule has 16 heavy (non-hydrogen) atoms. The van der Waals surface area contributed by atoms with Crippen molar-refractivity contribution in [3.63, 3.8) is 0 Å². The fourth-order valence-electron chi connectivity index (χ4n) is 0.806. The van der Waals surface area contributed by atoms with Crippen molar-refractivity contribution in [2.24, 2.45) is 0 Å². The van der Waals surface area contributed by atoms with Gasteiger partial charge >= 0.3 is 12.3 Å². The fourth-order valence-corrected chi connectivity index (χ4v) is 0.806. The first-order chi connectivity index (χ1) is 7.44. The Morgan fingerprint density at radius 2 is 2.25 bits per heavy atom. The molecule has 0 unspecified atom stereocenters. The summed E-state index contributed by atoms with van der Waals surface area (Å²) < 4.78 is 52.7. The average molecular weight is 241 g/mol. The summed E-state index contributed by atoms with van der Waals surface area (Å²) in [4.78, 5) is 14.2. The van der Waals surface area contributed by atoms with Crippen molar-refractivity contribution in [2.45, 2.75) is 18.8 Å². The van der Waals surface area contributed by atoms with Crippen LogP contribution in [-0.4, -0.2) is 34.9 Å². The van der Waals surface area contributed by atoms with Crippen LogP contribution < -0.4 is 5.32 Å². The number of alkyl halides is 4. The van der Waals surface area contributed by atoms with Gasteiger partial charge in [-0.1, -0.05) is 5.16 Å². The molecule has 1 amide bonds. The number of rotatable bonds is 5. The summed E-state index contributed by atoms with van der Waals surface area (Å²) in [5, 5.41) is 4.88. The van der Waals surface area contributed by atoms with Gasteiger partial charge in [-0.05, 0) is 0 Å². The first-order valence-corrected chi connectivity index (χ1v) is 4.14. The van der Waals surface area contributed by atoms with Gasteiger partial charge in [-0.3, -0.25) is 4.79 Å². The minimum Gasteiger partial charge on any atom is -0.350 e. The van der Waals surface area contributed by atoms with Crippen LogP contribution in [0.3, 0.4) is 0 Å². The summed E-state index contributed by atoms with van der Waals surface area (Å²) in [6, 6.07) is 0. The van der Waals surface area contributed by atoms with Gasteiger partial charge in [-0.15, -0.1) is 0 Å². The van der Waals surface area contributed by atoms with Gasteiger partial charge in [0.2, 0.25) is 5.89 Å². The van der Waals surface area contributed by atoms with Crippen LogP contribution in [0.25, 0.3) is 0 Å². The van der Waals surface area contributed by atoms with Crippen molar-refractivity contribution >= 4 is 5.91 Å². The van der Waals surface area contributed by atoms with E-state index in [9.17, 15) is 22.4 Å². The predicted octanol–water partition coefficient (Wildman–Crippen LogP) is 0.629. The van der Waals surface area contributed by atoms with Crippen molar-refractivity contribution in [2.75, 3.05) is 6.54 Å². The summed E-state index contributed by atoms with van der Waals surface area (Å²) in [6.45, 7) is -0.288. The van der Waals surface area contributed by atoms with Crippen LogP contribution in [0, 0.1) is 0 Å². The molecule has 0 fully saturated rings. The lowest BCUT2D eigenvalue weighted by Gasteiger charge is -2.14. The lowest BCUT2D eigenvalue weighted by atomic mass is 10.3. The Morgan fingerprint density at radius 3 is 2.75 bits per heavy atom. The van der Waals surface area contributed by atoms with Gasteiger partial charge in [-0.2, -0.15) is 13.8 Å². The van der Waals surface area contributed by atoms with Crippen molar-refractivity contribution in [3.8, 4) is 0 Å². The number of amides is 1. The van der Waals surface area contributed by atoms with E-state index in [-0.39, 0.29) is 18.9 Å². The Balaban J connectivity index is 2.36. The minimum absolute atomic E-state index is 0.00887. The van der Waals surface area contributed by atoms with E-state index in [4.69, 9.17) is 0 Å². The highest BCUT2D eigenvalue weighted by Crippen LogP contribution is 2.22. The van der Waals surface area contributed by atoms with E-state index in [0.717, 1.165) is 6.33 Å². The Kier molecular flexibility index (Phi) is 3.80. The summed E-state index contributed by atoms with van der Waals surface area (Å²) >= 11 is 0. The third kappa shape index (κ3) is 2.91. The molecule has 0 saturated carbocycles. The number of carbonyl (C=O) groups excluding carboxylic acids is 1. The number of carbonyl (C=O) groups is 1. The second kappa shape index (κ2) is 4.90. The maximum atomic E-state index is 12.4. The molecule has 90 valence electrons. The van der Waals surface area contributed by atoms with E-state index in [1.54, 1.807) is 5.32 Å². The fraction of sp³-hybridized carbons (Fsp3) is 0.571. The zero-order valence-electron chi connectivity index (χ0n) is 7.79. The first-order valence-electron chi connectivity index (χ1n) is 4.14. The molecule has 1 aromatic heterocycles. The van der Waals surface area contributed by atoms with Crippen LogP contribution in [0.4, 0.5) is 17.6 Å². The molecule has 0 saturated heterocycles. The molecular formula is C7H7F4N3O2. The Labute approximate surface area is 86.8 Å². The predicted molar refractivity (Wildman–Crippen MR) is 42.0 cm³/mol. The van der Waals surface area contributed by atoms with Crippen LogP contribution >= 0.6 is 0 Å². The Morgan fingerprint density at radius 1 is 1.56 bits per heavy atom. The SMILES string of the molecule is O=C(NCCc1ncno1)C(F)(F)C(F)F. The second-order valence-electron chi connectivity index (χ2n) is 2.76. The van der Waals surface area contributed by atoms with Gasteiger partial charge in [0.1, 0.15) is 0 Å². The van der Waals surface area contributed by atoms with E-state index >= 15 is 0 Å². The van der Waals surface area contributed by atoms with Crippen LogP contribution in [-0.2, 0) is 11.2 Å². The standard InChI is InChI=1S/C7H7F4N3O2/c8-5(9)7(10,11)6(15)12-2-1-4-13-3-14-16-4/h3,5H,1-2H2,(H,12,15). The molecule has 9 heteroatoms. The molecule has 1 heterocycles. The average Bonchev–Trinajstić information content (AvgIpc) is 2.70. The smallest absolute Gasteiger partial charge is 0.350 e. The third-order valence-electron chi connectivity index (χ3n) is 1.61. The van der Waals surface area contributed by atoms with Crippen molar-refractivity contribution in [1.29, 1.82) is 0 Å². The Hall–Kier alpha value is -1.67. The topological polar surface area (TPSA) is 68.0 Å². The Bertz CT molecular complexity index is 341. The summed E-state index contributed by atoms with van der Waals surface area (Å²) in [5.41, 5.74) is 0. The molecule has 0 aliphatic rings. The molecule has 1 aromatic rings. The summed E-state index contributed by atoms with van der Waals surface area (Å²) in [7, 11) is 0. The quantitative estimate of drug-likeness (QED) is 0.767. The molecule has 1 rings (SSSR count). The van der Waals surface area contributed by atoms with Crippen LogP contribution in [0.2, 0.25) is 0 Å². The molecule has 0 aromatic carbocycles. The number of nitrogens with one attached hydrogen (secondary N) is 1. The molecule has 0 bridgehead atoms. The van der Waals surface area contributed by atoms with Crippen molar-refractivity contribution in [3.05, 3.63) is 12.2 Å². The van der Waals surface area contributed by atoms with Crippen LogP contribution in [0.5, 0.6) is 0 Å². The molecule has 0 atom stereocenters. The molecule has 1 N–H and O–H groups in total. The van der Waals surface area contributed by atoms with E-state index < -0.39 is 18.3 Å². The zero-order valence-corrected chi connectivity index (χ0v) is 7.79. The molecule has 5 nitrogen and oxygen atoms in total. The van der Waals surface area contributed by atoms with Gasteiger partial charge in [0.05, 0.1) is 0 Å². The summed E-state index contributed by atoms with van der Waals surface area (Å²) in [5.74, 6) is -6.60. The highest BCUT2D eigenvalue weighted by atomic mass is 19.3. The number of nitrogens with zero attached hydrogens (tertiary/aromatic N) is 2. The number of halogens is 4. The van der Waals surface area contributed by atoms with E-state index in [1.165, 1.54) is 0 Å². The molecule has 0 aliphatic heterocycles. The number of hydrogen-bond acceptors (Lipinski definition) is 4. The number of aromatic nitrogens is 2. The molecule has 0 spiro atoms. The van der Waals surface area contributed by atoms with E-state index in [1.807, 2.05) is 0 Å². The lowest BCUT2D eigenvalue weighted by molar-refractivity contribution is -0.169. The third-order valence-corrected chi connectivity index (χ3v) is 1.61. The van der Waals surface area contributed by atoms with E-state index in [2.05, 4.69) is 14.7 Å². The van der Waals surface area contributed by atoms with Crippen molar-refractivity contribution < 1.29 is 26.9 Å². The lowest BCUT2D eigenvalue weighted by Crippen LogP contribution is -2.45. The second-order valence-corrected chi connectivity index (χ2v) is 2.76. The first kappa shape index (κ1) is 12.4. The van der Waals surface area contributed by atoms with Gasteiger partial charge in [0, 0.05) is 13.0 Å². The molecule has 0 aliphatic carbocycles. The normalized spacial score (nSPS) is 11.8. The maximum absolute atomic E-state index is 12.4. The summed E-state index contributed by atoms with van der Waals surface area (Å²) in [6.07, 6.45) is -2.95. The van der Waals surface area contributed by atoms with Gasteiger partial charge in [0.15, 0.2) is 6.33 Å². The largest absolute Gasteiger partial charge is 0.383 e. The molecule has 0 radical (unpaired) electrons. The van der Waals surface area contributed by atoms with Gasteiger partial charge in [-0.25, -0.2) is 8.78 Å². The van der Waals surface area contributed by atoms with Crippen molar-refractivity contribution in [1.82, 2.24) is 15.5 Å². The zero-order chi connectivity index (χ0) is 12.2. The molecular weight excluding hydrogens is 234 g/mol. The maximum Gasteiger partial charge on any atom is 0.383 e. The highest BCUT2D eigenvalue weighted by Gasteiger charge is 2.48. The number of hydrogen-bond donors (Lipinski definition) is 1. The van der Waals surface area contributed by atoms with Gasteiger partial charge < -0.3 is 9.84 Å². The minimum atomic E-state index is -4.69. The van der Waals surface area contributed by atoms with Crippen LogP contribution in [0.1, 0.15) is 5.89 Å². The highest BCUT2D eigenvalue weighted by molar-refractivity contribution is 5.83. The van der Waals surface area contributed by atoms with Gasteiger partial charge in [0.25, 0.3) is 5.91 Å². The van der Waals surface area contributed by atoms with Crippen LogP contribution in [0.15, 0.2) is 10.9 Å².